The lowest BCUT2D eigenvalue weighted by Gasteiger charge is -2.20. The number of oxazole rings is 1. The Kier molecular flexibility index (Phi) is 3.68. The molecule has 0 saturated carbocycles. The molecule has 2 aromatic rings. The molecule has 2 N–H and O–H groups in total. The number of amides is 1. The second kappa shape index (κ2) is 5.63. The largest absolute Gasteiger partial charge is 0.420 e. The van der Waals surface area contributed by atoms with Crippen LogP contribution in [0.15, 0.2) is 27.4 Å². The smallest absolute Gasteiger partial charge is 0.408 e. The summed E-state index contributed by atoms with van der Waals surface area (Å²) in [6.45, 7) is 1.57. The van der Waals surface area contributed by atoms with Crippen LogP contribution in [0.2, 0.25) is 0 Å². The van der Waals surface area contributed by atoms with Crippen molar-refractivity contribution in [2.75, 3.05) is 18.8 Å². The number of carbonyl (C=O) groups excluding carboxylic acids is 1. The molecule has 1 aromatic heterocycles. The highest BCUT2D eigenvalue weighted by molar-refractivity contribution is 5.81. The molecule has 0 spiro atoms. The minimum absolute atomic E-state index is 0.0236. The topological polar surface area (TPSA) is 81.5 Å². The van der Waals surface area contributed by atoms with E-state index in [4.69, 9.17) is 10.2 Å². The van der Waals surface area contributed by atoms with Crippen molar-refractivity contribution in [3.8, 4) is 0 Å². The van der Waals surface area contributed by atoms with E-state index in [-0.39, 0.29) is 12.5 Å². The van der Waals surface area contributed by atoms with Gasteiger partial charge >= 0.3 is 5.76 Å². The van der Waals surface area contributed by atoms with Crippen molar-refractivity contribution in [1.29, 1.82) is 0 Å². The Labute approximate surface area is 122 Å². The second-order valence-corrected chi connectivity index (χ2v) is 5.48. The van der Waals surface area contributed by atoms with Crippen LogP contribution in [-0.4, -0.2) is 28.5 Å². The van der Waals surface area contributed by atoms with Gasteiger partial charge < -0.3 is 15.1 Å². The third kappa shape index (κ3) is 2.79. The van der Waals surface area contributed by atoms with Crippen LogP contribution < -0.4 is 11.5 Å². The fourth-order valence-electron chi connectivity index (χ4n) is 2.79. The van der Waals surface area contributed by atoms with Gasteiger partial charge in [0.25, 0.3) is 0 Å². The van der Waals surface area contributed by atoms with E-state index in [1.54, 1.807) is 18.2 Å². The lowest BCUT2D eigenvalue weighted by Crippen LogP contribution is -2.36. The van der Waals surface area contributed by atoms with Crippen molar-refractivity contribution in [2.24, 2.45) is 0 Å². The van der Waals surface area contributed by atoms with E-state index in [1.165, 1.54) is 4.57 Å². The molecule has 1 saturated heterocycles. The highest BCUT2D eigenvalue weighted by Gasteiger charge is 2.19. The molecular formula is C15H19N3O3. The first-order valence-electron chi connectivity index (χ1n) is 7.32. The van der Waals surface area contributed by atoms with Gasteiger partial charge in [-0.05, 0) is 25.0 Å². The van der Waals surface area contributed by atoms with Crippen LogP contribution in [0, 0.1) is 0 Å². The Hall–Kier alpha value is -2.24. The van der Waals surface area contributed by atoms with Crippen molar-refractivity contribution in [1.82, 2.24) is 9.47 Å². The summed E-state index contributed by atoms with van der Waals surface area (Å²) in [6, 6.07) is 5.01. The number of rotatable bonds is 2. The molecule has 6 heteroatoms. The molecule has 0 radical (unpaired) electrons. The fraction of sp³-hybridized carbons (Fsp3) is 0.467. The van der Waals surface area contributed by atoms with Crippen LogP contribution in [0.1, 0.15) is 25.7 Å². The van der Waals surface area contributed by atoms with Gasteiger partial charge in [0.1, 0.15) is 6.54 Å². The quantitative estimate of drug-likeness (QED) is 0.851. The van der Waals surface area contributed by atoms with Crippen molar-refractivity contribution >= 4 is 22.7 Å². The average Bonchev–Trinajstić information content (AvgIpc) is 2.67. The van der Waals surface area contributed by atoms with Crippen LogP contribution in [0.3, 0.4) is 0 Å². The van der Waals surface area contributed by atoms with Gasteiger partial charge in [-0.2, -0.15) is 0 Å². The first-order chi connectivity index (χ1) is 10.1. The van der Waals surface area contributed by atoms with Crippen molar-refractivity contribution < 1.29 is 9.21 Å². The van der Waals surface area contributed by atoms with Gasteiger partial charge in [0.05, 0.1) is 5.52 Å². The summed E-state index contributed by atoms with van der Waals surface area (Å²) in [5.41, 5.74) is 7.23. The Morgan fingerprint density at radius 3 is 2.62 bits per heavy atom. The van der Waals surface area contributed by atoms with Crippen molar-refractivity contribution in [3.05, 3.63) is 28.7 Å². The number of anilines is 1. The lowest BCUT2D eigenvalue weighted by molar-refractivity contribution is -0.131. The van der Waals surface area contributed by atoms with E-state index < -0.39 is 5.76 Å². The number of fused-ring (bicyclic) bond motifs is 1. The Bertz CT molecular complexity index is 709. The number of hydrogen-bond donors (Lipinski definition) is 1. The Morgan fingerprint density at radius 1 is 1.19 bits per heavy atom. The maximum Gasteiger partial charge on any atom is 0.420 e. The molecule has 112 valence electrons. The van der Waals surface area contributed by atoms with Gasteiger partial charge in [0.2, 0.25) is 5.91 Å². The van der Waals surface area contributed by atoms with E-state index in [9.17, 15) is 9.59 Å². The molecule has 1 aliphatic heterocycles. The first kappa shape index (κ1) is 13.7. The molecule has 3 rings (SSSR count). The van der Waals surface area contributed by atoms with E-state index in [2.05, 4.69) is 0 Å². The summed E-state index contributed by atoms with van der Waals surface area (Å²) in [5.74, 6) is -0.544. The molecule has 0 unspecified atom stereocenters. The number of nitrogens with two attached hydrogens (primary N) is 1. The third-order valence-corrected chi connectivity index (χ3v) is 3.94. The molecule has 6 nitrogen and oxygen atoms in total. The lowest BCUT2D eigenvalue weighted by atomic mass is 10.2. The molecule has 1 amide bonds. The van der Waals surface area contributed by atoms with E-state index in [0.29, 0.717) is 16.8 Å². The van der Waals surface area contributed by atoms with E-state index in [0.717, 1.165) is 38.8 Å². The SMILES string of the molecule is Nc1ccc2c(c1)oc(=O)n2CC(=O)N1CCCCCC1. The van der Waals surface area contributed by atoms with Gasteiger partial charge in [-0.1, -0.05) is 12.8 Å². The number of benzene rings is 1. The zero-order chi connectivity index (χ0) is 14.8. The fourth-order valence-corrected chi connectivity index (χ4v) is 2.79. The molecule has 1 aromatic carbocycles. The Morgan fingerprint density at radius 2 is 1.90 bits per heavy atom. The molecule has 0 atom stereocenters. The minimum atomic E-state index is -0.515. The van der Waals surface area contributed by atoms with Gasteiger partial charge in [-0.25, -0.2) is 4.79 Å². The Balaban J connectivity index is 1.85. The second-order valence-electron chi connectivity index (χ2n) is 5.48. The number of likely N-dealkylation sites (tertiary alicyclic amines) is 1. The minimum Gasteiger partial charge on any atom is -0.408 e. The number of aromatic nitrogens is 1. The summed E-state index contributed by atoms with van der Waals surface area (Å²) in [4.78, 5) is 26.1. The standard InChI is InChI=1S/C15H19N3O3/c16-11-5-6-12-13(9-11)21-15(20)18(12)10-14(19)17-7-3-1-2-4-8-17/h5-6,9H,1-4,7-8,10,16H2. The maximum atomic E-state index is 12.4. The van der Waals surface area contributed by atoms with Crippen LogP contribution in [0.4, 0.5) is 5.69 Å². The van der Waals surface area contributed by atoms with Gasteiger partial charge in [-0.15, -0.1) is 0 Å². The molecule has 1 fully saturated rings. The number of carbonyl (C=O) groups is 1. The average molecular weight is 289 g/mol. The predicted octanol–water partition coefficient (Wildman–Crippen LogP) is 1.58. The molecule has 0 aliphatic carbocycles. The van der Waals surface area contributed by atoms with Crippen molar-refractivity contribution in [2.45, 2.75) is 32.2 Å². The monoisotopic (exact) mass is 289 g/mol. The zero-order valence-corrected chi connectivity index (χ0v) is 11.9. The predicted molar refractivity (Wildman–Crippen MR) is 79.9 cm³/mol. The summed E-state index contributed by atoms with van der Waals surface area (Å²) in [7, 11) is 0. The molecule has 2 heterocycles. The third-order valence-electron chi connectivity index (χ3n) is 3.94. The molecule has 0 bridgehead atoms. The highest BCUT2D eigenvalue weighted by atomic mass is 16.4. The normalized spacial score (nSPS) is 16.1. The molecular weight excluding hydrogens is 270 g/mol. The zero-order valence-electron chi connectivity index (χ0n) is 11.9. The summed E-state index contributed by atoms with van der Waals surface area (Å²) in [6.07, 6.45) is 4.39. The van der Waals surface area contributed by atoms with E-state index >= 15 is 0 Å². The molecule has 21 heavy (non-hydrogen) atoms. The van der Waals surface area contributed by atoms with Crippen LogP contribution >= 0.6 is 0 Å². The van der Waals surface area contributed by atoms with Gasteiger partial charge in [0.15, 0.2) is 5.58 Å². The summed E-state index contributed by atoms with van der Waals surface area (Å²) in [5, 5.41) is 0. The van der Waals surface area contributed by atoms with Gasteiger partial charge in [-0.3, -0.25) is 9.36 Å². The van der Waals surface area contributed by atoms with Crippen LogP contribution in [-0.2, 0) is 11.3 Å². The summed E-state index contributed by atoms with van der Waals surface area (Å²) < 4.78 is 6.53. The van der Waals surface area contributed by atoms with Crippen LogP contribution in [0.25, 0.3) is 11.1 Å². The van der Waals surface area contributed by atoms with E-state index in [1.807, 2.05) is 4.90 Å². The summed E-state index contributed by atoms with van der Waals surface area (Å²) >= 11 is 0. The highest BCUT2D eigenvalue weighted by Crippen LogP contribution is 2.17. The number of hydrogen-bond acceptors (Lipinski definition) is 4. The van der Waals surface area contributed by atoms with Crippen molar-refractivity contribution in [3.63, 3.8) is 0 Å². The maximum absolute atomic E-state index is 12.4. The number of nitrogen functional groups attached to an aromatic ring is 1. The van der Waals surface area contributed by atoms with Crippen LogP contribution in [0.5, 0.6) is 0 Å². The first-order valence-corrected chi connectivity index (χ1v) is 7.32. The number of nitrogens with zero attached hydrogens (tertiary/aromatic N) is 2. The molecule has 1 aliphatic rings. The van der Waals surface area contributed by atoms with Gasteiger partial charge in [0, 0.05) is 24.8 Å².